The number of benzene rings is 1. The number of carbonyl (C=O) groups is 1. The van der Waals surface area contributed by atoms with Gasteiger partial charge in [0.25, 0.3) is 5.56 Å². The molecule has 2 rings (SSSR count). The summed E-state index contributed by atoms with van der Waals surface area (Å²) in [7, 11) is 0. The number of carbonyl (C=O) groups excluding carboxylic acids is 1. The Morgan fingerprint density at radius 2 is 1.88 bits per heavy atom. The first-order valence-electron chi connectivity index (χ1n) is 5.09. The molecular formula is C12H11N3O2. The van der Waals surface area contributed by atoms with E-state index in [9.17, 15) is 9.59 Å². The van der Waals surface area contributed by atoms with Gasteiger partial charge < -0.3 is 5.73 Å². The van der Waals surface area contributed by atoms with Crippen LogP contribution in [0, 0.1) is 0 Å². The number of nitrogens with two attached hydrogens (primary N) is 1. The molecular weight excluding hydrogens is 218 g/mol. The first-order chi connectivity index (χ1) is 8.16. The smallest absolute Gasteiger partial charge is 0.267 e. The van der Waals surface area contributed by atoms with Gasteiger partial charge in [-0.1, -0.05) is 30.3 Å². The summed E-state index contributed by atoms with van der Waals surface area (Å²) in [5.41, 5.74) is 6.21. The predicted molar refractivity (Wildman–Crippen MR) is 63.1 cm³/mol. The minimum Gasteiger partial charge on any atom is -0.368 e. The van der Waals surface area contributed by atoms with E-state index < -0.39 is 5.91 Å². The molecule has 5 heteroatoms. The van der Waals surface area contributed by atoms with E-state index in [4.69, 9.17) is 5.73 Å². The summed E-state index contributed by atoms with van der Waals surface area (Å²) in [6, 6.07) is 12.4. The lowest BCUT2D eigenvalue weighted by Gasteiger charge is -2.04. The Morgan fingerprint density at radius 1 is 1.18 bits per heavy atom. The lowest BCUT2D eigenvalue weighted by molar-refractivity contribution is -0.118. The Hall–Kier alpha value is -2.43. The summed E-state index contributed by atoms with van der Waals surface area (Å²) in [6.45, 7) is -0.209. The molecule has 1 heterocycles. The molecule has 0 bridgehead atoms. The first kappa shape index (κ1) is 11.1. The maximum atomic E-state index is 11.4. The number of hydrogen-bond acceptors (Lipinski definition) is 3. The van der Waals surface area contributed by atoms with Gasteiger partial charge in [-0.25, -0.2) is 4.68 Å². The van der Waals surface area contributed by atoms with E-state index in [2.05, 4.69) is 5.10 Å². The largest absolute Gasteiger partial charge is 0.368 e. The summed E-state index contributed by atoms with van der Waals surface area (Å²) < 4.78 is 1.06. The molecule has 0 aliphatic rings. The molecule has 1 aromatic carbocycles. The fourth-order valence-corrected chi connectivity index (χ4v) is 1.47. The van der Waals surface area contributed by atoms with E-state index in [1.54, 1.807) is 6.07 Å². The molecule has 0 atom stereocenters. The Morgan fingerprint density at radius 3 is 2.53 bits per heavy atom. The molecule has 0 spiro atoms. The van der Waals surface area contributed by atoms with Crippen molar-refractivity contribution < 1.29 is 4.79 Å². The number of amides is 1. The monoisotopic (exact) mass is 229 g/mol. The second-order valence-corrected chi connectivity index (χ2v) is 3.55. The molecule has 0 aliphatic heterocycles. The second-order valence-electron chi connectivity index (χ2n) is 3.55. The summed E-state index contributed by atoms with van der Waals surface area (Å²) in [5, 5.41) is 4.09. The Bertz CT molecular complexity index is 590. The Kier molecular flexibility index (Phi) is 3.00. The van der Waals surface area contributed by atoms with Crippen LogP contribution in [0.3, 0.4) is 0 Å². The summed E-state index contributed by atoms with van der Waals surface area (Å²) in [5.74, 6) is -0.593. The van der Waals surface area contributed by atoms with Gasteiger partial charge in [-0.3, -0.25) is 9.59 Å². The first-order valence-corrected chi connectivity index (χ1v) is 5.09. The van der Waals surface area contributed by atoms with E-state index in [0.29, 0.717) is 5.69 Å². The molecule has 0 radical (unpaired) electrons. The molecule has 0 aliphatic carbocycles. The molecule has 5 nitrogen and oxygen atoms in total. The third-order valence-electron chi connectivity index (χ3n) is 2.24. The van der Waals surface area contributed by atoms with Crippen LogP contribution in [0.2, 0.25) is 0 Å². The predicted octanol–water partition coefficient (Wildman–Crippen LogP) is 0.396. The summed E-state index contributed by atoms with van der Waals surface area (Å²) in [4.78, 5) is 22.2. The van der Waals surface area contributed by atoms with Gasteiger partial charge in [0.1, 0.15) is 6.54 Å². The van der Waals surface area contributed by atoms with Crippen LogP contribution in [0.1, 0.15) is 0 Å². The van der Waals surface area contributed by atoms with Gasteiger partial charge in [-0.2, -0.15) is 5.10 Å². The quantitative estimate of drug-likeness (QED) is 0.827. The van der Waals surface area contributed by atoms with Crippen LogP contribution >= 0.6 is 0 Å². The van der Waals surface area contributed by atoms with Crippen LogP contribution in [0.4, 0.5) is 0 Å². The lowest BCUT2D eigenvalue weighted by atomic mass is 10.1. The van der Waals surface area contributed by atoms with Crippen LogP contribution in [-0.4, -0.2) is 15.7 Å². The van der Waals surface area contributed by atoms with E-state index in [0.717, 1.165) is 10.2 Å². The van der Waals surface area contributed by atoms with Gasteiger partial charge in [0.15, 0.2) is 0 Å². The van der Waals surface area contributed by atoms with Crippen LogP contribution in [0.15, 0.2) is 47.3 Å². The highest BCUT2D eigenvalue weighted by molar-refractivity contribution is 5.73. The van der Waals surface area contributed by atoms with E-state index in [1.165, 1.54) is 6.07 Å². The van der Waals surface area contributed by atoms with E-state index in [-0.39, 0.29) is 12.1 Å². The van der Waals surface area contributed by atoms with E-state index >= 15 is 0 Å². The van der Waals surface area contributed by atoms with Crippen LogP contribution in [-0.2, 0) is 11.3 Å². The van der Waals surface area contributed by atoms with Crippen molar-refractivity contribution in [2.24, 2.45) is 5.73 Å². The number of hydrogen-bond donors (Lipinski definition) is 1. The zero-order valence-electron chi connectivity index (χ0n) is 9.04. The highest BCUT2D eigenvalue weighted by Crippen LogP contribution is 2.13. The number of nitrogens with zero attached hydrogens (tertiary/aromatic N) is 2. The van der Waals surface area contributed by atoms with Crippen molar-refractivity contribution in [3.05, 3.63) is 52.8 Å². The average Bonchev–Trinajstić information content (AvgIpc) is 2.32. The van der Waals surface area contributed by atoms with Crippen LogP contribution in [0.5, 0.6) is 0 Å². The standard InChI is InChI=1S/C12H11N3O2/c13-11(16)8-15-12(17)7-6-10(14-15)9-4-2-1-3-5-9/h1-7H,8H2,(H2,13,16). The van der Waals surface area contributed by atoms with Crippen molar-refractivity contribution >= 4 is 5.91 Å². The van der Waals surface area contributed by atoms with Crippen LogP contribution in [0.25, 0.3) is 11.3 Å². The zero-order chi connectivity index (χ0) is 12.3. The SMILES string of the molecule is NC(=O)Cn1nc(-c2ccccc2)ccc1=O. The van der Waals surface area contributed by atoms with Crippen molar-refractivity contribution in [1.29, 1.82) is 0 Å². The zero-order valence-corrected chi connectivity index (χ0v) is 9.04. The van der Waals surface area contributed by atoms with Gasteiger partial charge in [0.2, 0.25) is 5.91 Å². The molecule has 0 saturated heterocycles. The van der Waals surface area contributed by atoms with Crippen molar-refractivity contribution in [2.75, 3.05) is 0 Å². The van der Waals surface area contributed by atoms with Crippen molar-refractivity contribution in [1.82, 2.24) is 9.78 Å². The van der Waals surface area contributed by atoms with Gasteiger partial charge in [-0.15, -0.1) is 0 Å². The second kappa shape index (κ2) is 4.61. The topological polar surface area (TPSA) is 78.0 Å². The third kappa shape index (κ3) is 2.57. The highest BCUT2D eigenvalue weighted by atomic mass is 16.2. The third-order valence-corrected chi connectivity index (χ3v) is 2.24. The van der Waals surface area contributed by atoms with E-state index in [1.807, 2.05) is 30.3 Å². The summed E-state index contributed by atoms with van der Waals surface area (Å²) in [6.07, 6.45) is 0. The normalized spacial score (nSPS) is 10.1. The Labute approximate surface area is 97.5 Å². The molecule has 0 fully saturated rings. The van der Waals surface area contributed by atoms with Crippen molar-refractivity contribution in [2.45, 2.75) is 6.54 Å². The maximum Gasteiger partial charge on any atom is 0.267 e. The average molecular weight is 229 g/mol. The van der Waals surface area contributed by atoms with Crippen molar-refractivity contribution in [3.63, 3.8) is 0 Å². The fraction of sp³-hybridized carbons (Fsp3) is 0.0833. The molecule has 0 saturated carbocycles. The van der Waals surface area contributed by atoms with Gasteiger partial charge in [-0.05, 0) is 6.07 Å². The van der Waals surface area contributed by atoms with Crippen molar-refractivity contribution in [3.8, 4) is 11.3 Å². The minimum absolute atomic E-state index is 0.209. The molecule has 2 aromatic rings. The number of rotatable bonds is 3. The fourth-order valence-electron chi connectivity index (χ4n) is 1.47. The number of aromatic nitrogens is 2. The highest BCUT2D eigenvalue weighted by Gasteiger charge is 2.04. The van der Waals surface area contributed by atoms with Gasteiger partial charge >= 0.3 is 0 Å². The molecule has 17 heavy (non-hydrogen) atoms. The van der Waals surface area contributed by atoms with Gasteiger partial charge in [0.05, 0.1) is 5.69 Å². The van der Waals surface area contributed by atoms with Crippen LogP contribution < -0.4 is 11.3 Å². The molecule has 0 unspecified atom stereocenters. The van der Waals surface area contributed by atoms with Gasteiger partial charge in [0, 0.05) is 11.6 Å². The molecule has 86 valence electrons. The summed E-state index contributed by atoms with van der Waals surface area (Å²) >= 11 is 0. The molecule has 2 N–H and O–H groups in total. The molecule has 1 aromatic heterocycles. The minimum atomic E-state index is -0.593. The number of primary amides is 1. The molecule has 1 amide bonds. The maximum absolute atomic E-state index is 11.4. The Balaban J connectivity index is 2.44. The lowest BCUT2D eigenvalue weighted by Crippen LogP contribution is -2.29.